The van der Waals surface area contributed by atoms with Crippen LogP contribution in [0.15, 0.2) is 52.3 Å². The molecule has 3 unspecified atom stereocenters. The van der Waals surface area contributed by atoms with Crippen molar-refractivity contribution in [3.63, 3.8) is 0 Å². The Balaban J connectivity index is 1.33. The standard InChI is InChI=1S/C29H26F3N3O6S2/c1-40-19-12-15(8-9-18(19)41-14-20(36)34-10-3-2-4-11-34)21-22-24(42-25-23(21)43-28(39)33-25)27(38)35(26(22)37)17-7-5-6-16(13-17)29(30,31)32/h5-9,12-13,21-22,24H,2-4,10-11,14H2,1H3,(H,33,39). The normalized spacial score (nSPS) is 21.9. The minimum Gasteiger partial charge on any atom is -0.493 e. The Morgan fingerprint density at radius 3 is 2.51 bits per heavy atom. The lowest BCUT2D eigenvalue weighted by molar-refractivity contribution is -0.137. The van der Waals surface area contributed by atoms with Crippen molar-refractivity contribution in [3.8, 4) is 11.5 Å². The molecule has 2 saturated heterocycles. The first-order chi connectivity index (χ1) is 20.6. The highest BCUT2D eigenvalue weighted by Gasteiger charge is 2.56. The van der Waals surface area contributed by atoms with Gasteiger partial charge in [0.15, 0.2) is 18.1 Å². The van der Waals surface area contributed by atoms with Crippen LogP contribution in [0.1, 0.15) is 41.2 Å². The number of rotatable bonds is 6. The molecule has 3 aromatic rings. The van der Waals surface area contributed by atoms with Crippen LogP contribution in [0.5, 0.6) is 11.5 Å². The van der Waals surface area contributed by atoms with Crippen LogP contribution in [-0.4, -0.2) is 59.7 Å². The van der Waals surface area contributed by atoms with E-state index in [1.165, 1.54) is 13.2 Å². The monoisotopic (exact) mass is 633 g/mol. The first-order valence-electron chi connectivity index (χ1n) is 13.6. The third-order valence-electron chi connectivity index (χ3n) is 7.86. The number of aromatic nitrogens is 1. The number of nitrogens with zero attached hydrogens (tertiary/aromatic N) is 2. The van der Waals surface area contributed by atoms with E-state index in [0.29, 0.717) is 34.3 Å². The number of imide groups is 1. The second-order valence-corrected chi connectivity index (χ2v) is 12.6. The molecular weight excluding hydrogens is 607 g/mol. The third-order valence-corrected chi connectivity index (χ3v) is 10.3. The van der Waals surface area contributed by atoms with E-state index in [9.17, 15) is 32.3 Å². The SMILES string of the molecule is COc1cc(C2c3sc(=O)[nH]c3SC3C(=O)N(c4cccc(C(F)(F)F)c4)C(=O)C32)ccc1OCC(=O)N1CCCCC1. The molecule has 0 aliphatic carbocycles. The van der Waals surface area contributed by atoms with Gasteiger partial charge in [-0.15, -0.1) is 0 Å². The number of halogens is 3. The number of amides is 3. The Hall–Kier alpha value is -3.78. The lowest BCUT2D eigenvalue weighted by Crippen LogP contribution is -2.38. The summed E-state index contributed by atoms with van der Waals surface area (Å²) in [4.78, 5) is 58.0. The zero-order valence-corrected chi connectivity index (χ0v) is 24.4. The average Bonchev–Trinajstić information content (AvgIpc) is 3.49. The lowest BCUT2D eigenvalue weighted by atomic mass is 9.83. The van der Waals surface area contributed by atoms with Gasteiger partial charge >= 0.3 is 11.0 Å². The first-order valence-corrected chi connectivity index (χ1v) is 15.3. The first kappa shape index (κ1) is 29.3. The zero-order valence-electron chi connectivity index (χ0n) is 22.8. The summed E-state index contributed by atoms with van der Waals surface area (Å²) in [5.74, 6) is -2.63. The number of carbonyl (C=O) groups excluding carboxylic acids is 3. The zero-order chi connectivity index (χ0) is 30.5. The van der Waals surface area contributed by atoms with Crippen molar-refractivity contribution >= 4 is 46.5 Å². The van der Waals surface area contributed by atoms with Crippen molar-refractivity contribution < 1.29 is 37.0 Å². The number of alkyl halides is 3. The number of H-pyrrole nitrogens is 1. The van der Waals surface area contributed by atoms with Crippen molar-refractivity contribution in [1.82, 2.24) is 9.88 Å². The van der Waals surface area contributed by atoms with Gasteiger partial charge in [0.1, 0.15) is 5.25 Å². The highest BCUT2D eigenvalue weighted by Crippen LogP contribution is 2.54. The quantitative estimate of drug-likeness (QED) is 0.394. The number of thiazole rings is 1. The van der Waals surface area contributed by atoms with Crippen molar-refractivity contribution in [1.29, 1.82) is 0 Å². The predicted molar refractivity (Wildman–Crippen MR) is 153 cm³/mol. The Morgan fingerprint density at radius 2 is 1.79 bits per heavy atom. The molecule has 43 heavy (non-hydrogen) atoms. The molecule has 1 N–H and O–H groups in total. The molecule has 0 radical (unpaired) electrons. The minimum absolute atomic E-state index is 0.135. The minimum atomic E-state index is -4.66. The number of thioether (sulfide) groups is 1. The van der Waals surface area contributed by atoms with E-state index in [0.717, 1.165) is 65.5 Å². The van der Waals surface area contributed by atoms with Gasteiger partial charge in [0.2, 0.25) is 11.8 Å². The smallest absolute Gasteiger partial charge is 0.416 e. The van der Waals surface area contributed by atoms with Crippen LogP contribution < -0.4 is 19.2 Å². The molecule has 2 aromatic carbocycles. The van der Waals surface area contributed by atoms with E-state index in [2.05, 4.69) is 4.98 Å². The van der Waals surface area contributed by atoms with E-state index in [-0.39, 0.29) is 28.8 Å². The van der Waals surface area contributed by atoms with Crippen molar-refractivity contribution in [3.05, 3.63) is 68.1 Å². The van der Waals surface area contributed by atoms with E-state index in [1.54, 1.807) is 23.1 Å². The van der Waals surface area contributed by atoms with E-state index in [4.69, 9.17) is 9.47 Å². The molecule has 1 aromatic heterocycles. The number of anilines is 1. The van der Waals surface area contributed by atoms with Crippen molar-refractivity contribution in [2.75, 3.05) is 31.7 Å². The van der Waals surface area contributed by atoms with E-state index >= 15 is 0 Å². The molecule has 0 spiro atoms. The summed E-state index contributed by atoms with van der Waals surface area (Å²) in [6.07, 6.45) is -1.67. The summed E-state index contributed by atoms with van der Waals surface area (Å²) in [7, 11) is 1.43. The van der Waals surface area contributed by atoms with Gasteiger partial charge in [-0.25, -0.2) is 4.90 Å². The fourth-order valence-corrected chi connectivity index (χ4v) is 8.34. The number of benzene rings is 2. The Morgan fingerprint density at radius 1 is 1.02 bits per heavy atom. The summed E-state index contributed by atoms with van der Waals surface area (Å²) in [6.45, 7) is 1.20. The number of piperidine rings is 1. The molecule has 3 atom stereocenters. The summed E-state index contributed by atoms with van der Waals surface area (Å²) in [5, 5.41) is -0.548. The molecule has 226 valence electrons. The second kappa shape index (κ2) is 11.4. The molecule has 2 fully saturated rings. The van der Waals surface area contributed by atoms with Gasteiger partial charge in [0.05, 0.1) is 29.3 Å². The van der Waals surface area contributed by atoms with Crippen LogP contribution >= 0.6 is 23.1 Å². The second-order valence-electron chi connectivity index (χ2n) is 10.5. The summed E-state index contributed by atoms with van der Waals surface area (Å²) < 4.78 is 51.7. The lowest BCUT2D eigenvalue weighted by Gasteiger charge is -2.30. The number of aromatic amines is 1. The highest BCUT2D eigenvalue weighted by atomic mass is 32.2. The van der Waals surface area contributed by atoms with Crippen LogP contribution in [0.25, 0.3) is 0 Å². The fraction of sp³-hybridized carbons (Fsp3) is 0.379. The molecule has 0 bridgehead atoms. The van der Waals surface area contributed by atoms with E-state index in [1.807, 2.05) is 0 Å². The largest absolute Gasteiger partial charge is 0.493 e. The van der Waals surface area contributed by atoms with Crippen LogP contribution in [-0.2, 0) is 20.6 Å². The van der Waals surface area contributed by atoms with Gasteiger partial charge in [-0.3, -0.25) is 19.2 Å². The molecule has 6 rings (SSSR count). The molecular formula is C29H26F3N3O6S2. The average molecular weight is 634 g/mol. The fourth-order valence-electron chi connectivity index (χ4n) is 5.82. The summed E-state index contributed by atoms with van der Waals surface area (Å²) in [6, 6.07) is 9.02. The van der Waals surface area contributed by atoms with Gasteiger partial charge in [-0.2, -0.15) is 13.2 Å². The third kappa shape index (κ3) is 5.42. The van der Waals surface area contributed by atoms with Crippen LogP contribution in [0, 0.1) is 5.92 Å². The Kier molecular flexibility index (Phi) is 7.75. The maximum absolute atomic E-state index is 13.9. The summed E-state index contributed by atoms with van der Waals surface area (Å²) >= 11 is 1.94. The number of ether oxygens (including phenoxy) is 2. The summed E-state index contributed by atoms with van der Waals surface area (Å²) in [5.41, 5.74) is -0.604. The van der Waals surface area contributed by atoms with Crippen molar-refractivity contribution in [2.24, 2.45) is 5.92 Å². The molecule has 4 heterocycles. The highest BCUT2D eigenvalue weighted by molar-refractivity contribution is 8.00. The number of carbonyl (C=O) groups is 3. The molecule has 9 nitrogen and oxygen atoms in total. The van der Waals surface area contributed by atoms with E-state index < -0.39 is 40.6 Å². The Bertz CT molecular complexity index is 1650. The predicted octanol–water partition coefficient (Wildman–Crippen LogP) is 4.65. The van der Waals surface area contributed by atoms with Crippen LogP contribution in [0.4, 0.5) is 18.9 Å². The maximum atomic E-state index is 13.9. The van der Waals surface area contributed by atoms with Gasteiger partial charge in [-0.1, -0.05) is 35.2 Å². The van der Waals surface area contributed by atoms with Crippen LogP contribution in [0.3, 0.4) is 0 Å². The Labute approximate surface area is 252 Å². The number of likely N-dealkylation sites (tertiary alicyclic amines) is 1. The number of nitrogens with one attached hydrogen (secondary N) is 1. The molecule has 3 amide bonds. The molecule has 14 heteroatoms. The molecule has 3 aliphatic heterocycles. The molecule has 0 saturated carbocycles. The number of hydrogen-bond acceptors (Lipinski definition) is 8. The topological polar surface area (TPSA) is 109 Å². The number of fused-ring (bicyclic) bond motifs is 2. The van der Waals surface area contributed by atoms with Gasteiger partial charge in [-0.05, 0) is 55.2 Å². The van der Waals surface area contributed by atoms with Gasteiger partial charge in [0, 0.05) is 23.9 Å². The van der Waals surface area contributed by atoms with Crippen LogP contribution in [0.2, 0.25) is 0 Å². The number of hydrogen-bond donors (Lipinski definition) is 1. The maximum Gasteiger partial charge on any atom is 0.416 e. The molecule has 3 aliphatic rings. The van der Waals surface area contributed by atoms with Gasteiger partial charge in [0.25, 0.3) is 5.91 Å². The number of methoxy groups -OCH3 is 1. The van der Waals surface area contributed by atoms with Gasteiger partial charge < -0.3 is 19.4 Å². The van der Waals surface area contributed by atoms with Crippen molar-refractivity contribution in [2.45, 2.75) is 41.6 Å².